The largest absolute Gasteiger partial charge is 0.364 e. The summed E-state index contributed by atoms with van der Waals surface area (Å²) in [4.78, 5) is 18.2. The van der Waals surface area contributed by atoms with Crippen LogP contribution in [0.5, 0.6) is 0 Å². The molecule has 1 aliphatic rings. The summed E-state index contributed by atoms with van der Waals surface area (Å²) in [5.41, 5.74) is 9.53. The van der Waals surface area contributed by atoms with E-state index in [1.54, 1.807) is 35.1 Å². The smallest absolute Gasteiger partial charge is 0.269 e. The van der Waals surface area contributed by atoms with Gasteiger partial charge in [-0.3, -0.25) is 9.89 Å². The summed E-state index contributed by atoms with van der Waals surface area (Å²) in [6.45, 7) is 1.18. The van der Waals surface area contributed by atoms with Gasteiger partial charge in [0.2, 0.25) is 0 Å². The van der Waals surface area contributed by atoms with Gasteiger partial charge in [0.05, 0.1) is 11.9 Å². The zero-order valence-corrected chi connectivity index (χ0v) is 14.1. The number of hydrogen-bond donors (Lipinski definition) is 2. The summed E-state index contributed by atoms with van der Waals surface area (Å²) in [6.07, 6.45) is 3.40. The third-order valence-corrected chi connectivity index (χ3v) is 4.67. The van der Waals surface area contributed by atoms with Gasteiger partial charge in [0.15, 0.2) is 11.3 Å². The molecule has 5 rings (SSSR count). The van der Waals surface area contributed by atoms with E-state index in [0.29, 0.717) is 24.6 Å². The molecule has 4 heterocycles. The Balaban J connectivity index is 1.64. The molecule has 27 heavy (non-hydrogen) atoms. The third kappa shape index (κ3) is 2.51. The predicted molar refractivity (Wildman–Crippen MR) is 95.4 cm³/mol. The molecule has 0 spiro atoms. The number of hydrogen-bond acceptors (Lipinski definition) is 5. The Labute approximate surface area is 152 Å². The number of aromatic nitrogens is 5. The molecule has 0 aliphatic carbocycles. The normalized spacial score (nSPS) is 13.3. The van der Waals surface area contributed by atoms with Crippen molar-refractivity contribution in [3.63, 3.8) is 0 Å². The van der Waals surface area contributed by atoms with Crippen LogP contribution in [-0.2, 0) is 13.1 Å². The first-order valence-electron chi connectivity index (χ1n) is 8.30. The Morgan fingerprint density at radius 2 is 2.04 bits per heavy atom. The number of aromatic amines is 1. The molecule has 0 unspecified atom stereocenters. The fourth-order valence-electron chi connectivity index (χ4n) is 3.37. The van der Waals surface area contributed by atoms with Crippen molar-refractivity contribution in [1.29, 1.82) is 0 Å². The first-order valence-corrected chi connectivity index (χ1v) is 8.30. The van der Waals surface area contributed by atoms with Crippen LogP contribution in [0, 0.1) is 5.82 Å². The Kier molecular flexibility index (Phi) is 3.23. The number of carbonyl (C=O) groups excluding carboxylic acids is 1. The molecule has 4 aromatic rings. The number of halogens is 1. The lowest BCUT2D eigenvalue weighted by molar-refractivity contribution is 0.0995. The maximum absolute atomic E-state index is 13.5. The van der Waals surface area contributed by atoms with E-state index in [4.69, 9.17) is 5.73 Å². The monoisotopic (exact) mass is 363 g/mol. The van der Waals surface area contributed by atoms with Crippen LogP contribution in [0.15, 0.2) is 42.7 Å². The molecule has 0 bridgehead atoms. The number of rotatable bonds is 3. The molecule has 9 heteroatoms. The van der Waals surface area contributed by atoms with Crippen LogP contribution >= 0.6 is 0 Å². The Morgan fingerprint density at radius 1 is 1.19 bits per heavy atom. The van der Waals surface area contributed by atoms with E-state index in [9.17, 15) is 9.18 Å². The van der Waals surface area contributed by atoms with Crippen LogP contribution in [0.25, 0.3) is 16.9 Å². The van der Waals surface area contributed by atoms with E-state index >= 15 is 0 Å². The van der Waals surface area contributed by atoms with Gasteiger partial charge in [0, 0.05) is 37.0 Å². The van der Waals surface area contributed by atoms with Gasteiger partial charge < -0.3 is 10.6 Å². The van der Waals surface area contributed by atoms with Crippen LogP contribution < -0.4 is 10.6 Å². The minimum absolute atomic E-state index is 0.135. The fourth-order valence-corrected chi connectivity index (χ4v) is 3.37. The van der Waals surface area contributed by atoms with Crippen molar-refractivity contribution in [3.8, 4) is 11.3 Å². The summed E-state index contributed by atoms with van der Waals surface area (Å²) in [7, 11) is 0. The zero-order valence-electron chi connectivity index (χ0n) is 14.1. The van der Waals surface area contributed by atoms with E-state index in [2.05, 4.69) is 20.3 Å². The summed E-state index contributed by atoms with van der Waals surface area (Å²) in [5, 5.41) is 11.0. The number of fused-ring (bicyclic) bond motifs is 2. The SMILES string of the molecule is NC(=O)c1cc2nc(N3Cc4ccc(F)cc4C3)cc(-c3cn[nH]c3)n2n1. The topological polar surface area (TPSA) is 105 Å². The van der Waals surface area contributed by atoms with Crippen LogP contribution in [0.4, 0.5) is 10.2 Å². The molecule has 3 aromatic heterocycles. The van der Waals surface area contributed by atoms with Gasteiger partial charge in [-0.15, -0.1) is 0 Å². The average molecular weight is 363 g/mol. The van der Waals surface area contributed by atoms with Gasteiger partial charge in [-0.25, -0.2) is 13.9 Å². The van der Waals surface area contributed by atoms with Gasteiger partial charge in [-0.2, -0.15) is 10.2 Å². The van der Waals surface area contributed by atoms with Gasteiger partial charge in [-0.1, -0.05) is 6.07 Å². The molecule has 0 radical (unpaired) electrons. The quantitative estimate of drug-likeness (QED) is 0.578. The number of nitrogens with one attached hydrogen (secondary N) is 1. The second-order valence-corrected chi connectivity index (χ2v) is 6.42. The second kappa shape index (κ2) is 5.63. The lowest BCUT2D eigenvalue weighted by atomic mass is 10.1. The molecule has 134 valence electrons. The highest BCUT2D eigenvalue weighted by molar-refractivity contribution is 5.92. The number of benzene rings is 1. The number of carbonyl (C=O) groups is 1. The van der Waals surface area contributed by atoms with Crippen LogP contribution in [-0.4, -0.2) is 30.7 Å². The van der Waals surface area contributed by atoms with Crippen molar-refractivity contribution in [2.45, 2.75) is 13.1 Å². The molecule has 8 nitrogen and oxygen atoms in total. The van der Waals surface area contributed by atoms with E-state index in [1.165, 1.54) is 6.07 Å². The zero-order chi connectivity index (χ0) is 18.5. The first-order chi connectivity index (χ1) is 13.1. The Bertz CT molecular complexity index is 1180. The molecule has 3 N–H and O–H groups in total. The maximum Gasteiger partial charge on any atom is 0.269 e. The minimum atomic E-state index is -0.621. The molecule has 1 aliphatic heterocycles. The highest BCUT2D eigenvalue weighted by Gasteiger charge is 2.23. The first kappa shape index (κ1) is 15.5. The summed E-state index contributed by atoms with van der Waals surface area (Å²) < 4.78 is 15.1. The Morgan fingerprint density at radius 3 is 2.81 bits per heavy atom. The third-order valence-electron chi connectivity index (χ3n) is 4.67. The van der Waals surface area contributed by atoms with E-state index in [-0.39, 0.29) is 11.5 Å². The highest BCUT2D eigenvalue weighted by atomic mass is 19.1. The van der Waals surface area contributed by atoms with Gasteiger partial charge >= 0.3 is 0 Å². The lowest BCUT2D eigenvalue weighted by Gasteiger charge is -2.17. The summed E-state index contributed by atoms with van der Waals surface area (Å²) in [6, 6.07) is 8.24. The minimum Gasteiger partial charge on any atom is -0.364 e. The molecule has 0 saturated carbocycles. The van der Waals surface area contributed by atoms with Crippen molar-refractivity contribution in [2.24, 2.45) is 5.73 Å². The number of amides is 1. The molecule has 0 fully saturated rings. The summed E-state index contributed by atoms with van der Waals surface area (Å²) >= 11 is 0. The van der Waals surface area contributed by atoms with Crippen molar-refractivity contribution < 1.29 is 9.18 Å². The number of primary amides is 1. The van der Waals surface area contributed by atoms with Crippen molar-refractivity contribution >= 4 is 17.4 Å². The molecular weight excluding hydrogens is 349 g/mol. The van der Waals surface area contributed by atoms with Crippen molar-refractivity contribution in [2.75, 3.05) is 4.90 Å². The van der Waals surface area contributed by atoms with Crippen molar-refractivity contribution in [1.82, 2.24) is 24.8 Å². The van der Waals surface area contributed by atoms with Gasteiger partial charge in [-0.05, 0) is 23.3 Å². The Hall–Kier alpha value is -3.75. The standard InChI is InChI=1S/C18H14FN7O/c19-13-2-1-10-8-25(9-11(10)3-13)16-5-15(12-6-21-22-7-12)26-17(23-16)4-14(24-26)18(20)27/h1-7H,8-9H2,(H2,20,27)(H,21,22). The van der Waals surface area contributed by atoms with Crippen molar-refractivity contribution in [3.05, 3.63) is 65.4 Å². The van der Waals surface area contributed by atoms with E-state index in [1.807, 2.05) is 11.0 Å². The molecule has 1 aromatic carbocycles. The number of H-pyrrole nitrogens is 1. The van der Waals surface area contributed by atoms with E-state index in [0.717, 1.165) is 22.4 Å². The van der Waals surface area contributed by atoms with Crippen LogP contribution in [0.1, 0.15) is 21.6 Å². The summed E-state index contributed by atoms with van der Waals surface area (Å²) in [5.74, 6) is -0.171. The van der Waals surface area contributed by atoms with Gasteiger partial charge in [0.1, 0.15) is 11.6 Å². The predicted octanol–water partition coefficient (Wildman–Crippen LogP) is 1.88. The van der Waals surface area contributed by atoms with Crippen LogP contribution in [0.2, 0.25) is 0 Å². The molecular formula is C18H14FN7O. The lowest BCUT2D eigenvalue weighted by Crippen LogP contribution is -2.17. The maximum atomic E-state index is 13.5. The second-order valence-electron chi connectivity index (χ2n) is 6.42. The molecule has 0 atom stereocenters. The highest BCUT2D eigenvalue weighted by Crippen LogP contribution is 2.31. The average Bonchev–Trinajstić information content (AvgIpc) is 3.38. The fraction of sp³-hybridized carbons (Fsp3) is 0.111. The van der Waals surface area contributed by atoms with Crippen LogP contribution in [0.3, 0.4) is 0 Å². The number of nitrogens with two attached hydrogens (primary N) is 1. The van der Waals surface area contributed by atoms with E-state index < -0.39 is 5.91 Å². The molecule has 0 saturated heterocycles. The van der Waals surface area contributed by atoms with Gasteiger partial charge in [0.25, 0.3) is 5.91 Å². The number of anilines is 1. The number of nitrogens with zero attached hydrogens (tertiary/aromatic N) is 5. The molecule has 1 amide bonds.